The maximum absolute atomic E-state index is 9.90. The Kier molecular flexibility index (Phi) is 16.1. The van der Waals surface area contributed by atoms with Gasteiger partial charge in [-0.3, -0.25) is 0 Å². The van der Waals surface area contributed by atoms with Crippen molar-refractivity contribution in [1.82, 2.24) is 5.32 Å². The fraction of sp³-hybridized carbons (Fsp3) is 1.00. The van der Waals surface area contributed by atoms with Crippen LogP contribution in [0.4, 0.5) is 0 Å². The molecule has 128 valence electrons. The third-order valence-electron chi connectivity index (χ3n) is 3.51. The molecule has 0 rings (SSSR count). The summed E-state index contributed by atoms with van der Waals surface area (Å²) in [5.41, 5.74) is 0. The van der Waals surface area contributed by atoms with Gasteiger partial charge in [-0.1, -0.05) is 46.5 Å². The second-order valence-corrected chi connectivity index (χ2v) is 5.73. The van der Waals surface area contributed by atoms with Crippen LogP contribution in [0.1, 0.15) is 65.7 Å². The molecule has 0 bridgehead atoms. The van der Waals surface area contributed by atoms with E-state index in [1.807, 2.05) is 0 Å². The van der Waals surface area contributed by atoms with Crippen molar-refractivity contribution in [2.75, 3.05) is 33.0 Å². The Balaban J connectivity index is 3.51. The average molecular weight is 303 g/mol. The van der Waals surface area contributed by atoms with Crippen LogP contribution >= 0.6 is 0 Å². The normalized spacial score (nSPS) is 14.3. The molecule has 2 N–H and O–H groups in total. The molecule has 0 spiro atoms. The fourth-order valence-corrected chi connectivity index (χ4v) is 2.19. The van der Waals surface area contributed by atoms with Crippen LogP contribution in [-0.4, -0.2) is 50.2 Å². The third-order valence-corrected chi connectivity index (χ3v) is 3.51. The minimum Gasteiger partial charge on any atom is -0.389 e. The number of unbranched alkanes of at least 4 members (excludes halogenated alkanes) is 2. The van der Waals surface area contributed by atoms with Gasteiger partial charge in [-0.2, -0.15) is 0 Å². The molecule has 0 aromatic carbocycles. The number of hydrogen-bond donors (Lipinski definition) is 2. The molecule has 0 saturated heterocycles. The van der Waals surface area contributed by atoms with Crippen LogP contribution in [0.3, 0.4) is 0 Å². The Hall–Kier alpha value is -0.160. The lowest BCUT2D eigenvalue weighted by Crippen LogP contribution is -2.37. The molecular weight excluding hydrogens is 266 g/mol. The van der Waals surface area contributed by atoms with Crippen LogP contribution in [0, 0.1) is 0 Å². The summed E-state index contributed by atoms with van der Waals surface area (Å²) < 4.78 is 10.8. The van der Waals surface area contributed by atoms with Gasteiger partial charge in [0, 0.05) is 19.2 Å². The van der Waals surface area contributed by atoms with Crippen molar-refractivity contribution in [3.05, 3.63) is 0 Å². The first kappa shape index (κ1) is 20.8. The van der Waals surface area contributed by atoms with E-state index in [1.165, 1.54) is 32.1 Å². The molecule has 0 aliphatic heterocycles. The summed E-state index contributed by atoms with van der Waals surface area (Å²) >= 11 is 0. The Morgan fingerprint density at radius 3 is 2.24 bits per heavy atom. The van der Waals surface area contributed by atoms with Gasteiger partial charge in [-0.25, -0.2) is 0 Å². The van der Waals surface area contributed by atoms with Crippen LogP contribution in [0.25, 0.3) is 0 Å². The van der Waals surface area contributed by atoms with Gasteiger partial charge in [0.15, 0.2) is 0 Å². The first-order valence-corrected chi connectivity index (χ1v) is 8.81. The van der Waals surface area contributed by atoms with Crippen LogP contribution in [0.15, 0.2) is 0 Å². The summed E-state index contributed by atoms with van der Waals surface area (Å²) in [6.45, 7) is 9.56. The summed E-state index contributed by atoms with van der Waals surface area (Å²) in [6, 6.07) is 0.530. The van der Waals surface area contributed by atoms with E-state index < -0.39 is 6.10 Å². The molecule has 0 amide bonds. The lowest BCUT2D eigenvalue weighted by molar-refractivity contribution is 0.00304. The molecule has 0 aromatic heterocycles. The molecule has 4 nitrogen and oxygen atoms in total. The lowest BCUT2D eigenvalue weighted by Gasteiger charge is -2.20. The topological polar surface area (TPSA) is 50.7 Å². The molecule has 0 fully saturated rings. The molecule has 2 unspecified atom stereocenters. The SMILES string of the molecule is CCCCOCCOCC(O)CNC(CCC)CCCC. The molecule has 0 radical (unpaired) electrons. The minimum atomic E-state index is -0.429. The summed E-state index contributed by atoms with van der Waals surface area (Å²) in [4.78, 5) is 0. The largest absolute Gasteiger partial charge is 0.389 e. The highest BCUT2D eigenvalue weighted by Crippen LogP contribution is 2.06. The first-order chi connectivity index (χ1) is 10.2. The fourth-order valence-electron chi connectivity index (χ4n) is 2.19. The van der Waals surface area contributed by atoms with E-state index in [9.17, 15) is 5.11 Å². The highest BCUT2D eigenvalue weighted by Gasteiger charge is 2.10. The van der Waals surface area contributed by atoms with E-state index in [-0.39, 0.29) is 0 Å². The Labute approximate surface area is 131 Å². The van der Waals surface area contributed by atoms with Gasteiger partial charge >= 0.3 is 0 Å². The van der Waals surface area contributed by atoms with E-state index in [2.05, 4.69) is 26.1 Å². The van der Waals surface area contributed by atoms with Crippen molar-refractivity contribution in [1.29, 1.82) is 0 Å². The first-order valence-electron chi connectivity index (χ1n) is 8.81. The smallest absolute Gasteiger partial charge is 0.0897 e. The van der Waals surface area contributed by atoms with E-state index in [4.69, 9.17) is 9.47 Å². The molecule has 0 aliphatic carbocycles. The Morgan fingerprint density at radius 2 is 1.57 bits per heavy atom. The number of nitrogens with one attached hydrogen (secondary N) is 1. The Morgan fingerprint density at radius 1 is 0.857 bits per heavy atom. The van der Waals surface area contributed by atoms with Gasteiger partial charge in [0.1, 0.15) is 0 Å². The number of ether oxygens (including phenoxy) is 2. The third kappa shape index (κ3) is 14.5. The van der Waals surface area contributed by atoms with Crippen LogP contribution in [-0.2, 0) is 9.47 Å². The molecule has 21 heavy (non-hydrogen) atoms. The van der Waals surface area contributed by atoms with Crippen LogP contribution in [0.5, 0.6) is 0 Å². The zero-order valence-electron chi connectivity index (χ0n) is 14.4. The van der Waals surface area contributed by atoms with Crippen molar-refractivity contribution < 1.29 is 14.6 Å². The van der Waals surface area contributed by atoms with Crippen LogP contribution < -0.4 is 5.32 Å². The second kappa shape index (κ2) is 16.2. The molecule has 0 saturated carbocycles. The molecular formula is C17H37NO3. The van der Waals surface area contributed by atoms with E-state index >= 15 is 0 Å². The van der Waals surface area contributed by atoms with Gasteiger partial charge in [0.05, 0.1) is 25.9 Å². The zero-order chi connectivity index (χ0) is 15.8. The van der Waals surface area contributed by atoms with Crippen LogP contribution in [0.2, 0.25) is 0 Å². The number of rotatable bonds is 16. The van der Waals surface area contributed by atoms with Crippen molar-refractivity contribution in [3.63, 3.8) is 0 Å². The summed E-state index contributed by atoms with van der Waals surface area (Å²) in [7, 11) is 0. The van der Waals surface area contributed by atoms with Gasteiger partial charge in [-0.15, -0.1) is 0 Å². The predicted octanol–water partition coefficient (Wildman–Crippen LogP) is 3.13. The van der Waals surface area contributed by atoms with Crippen molar-refractivity contribution in [2.24, 2.45) is 0 Å². The quantitative estimate of drug-likeness (QED) is 0.430. The van der Waals surface area contributed by atoms with Gasteiger partial charge in [-0.05, 0) is 19.3 Å². The second-order valence-electron chi connectivity index (χ2n) is 5.73. The summed E-state index contributed by atoms with van der Waals surface area (Å²) in [5, 5.41) is 13.4. The van der Waals surface area contributed by atoms with Crippen molar-refractivity contribution in [2.45, 2.75) is 77.9 Å². The Bertz CT molecular complexity index is 202. The maximum Gasteiger partial charge on any atom is 0.0897 e. The van der Waals surface area contributed by atoms with Crippen molar-refractivity contribution >= 4 is 0 Å². The zero-order valence-corrected chi connectivity index (χ0v) is 14.4. The van der Waals surface area contributed by atoms with Gasteiger partial charge in [0.2, 0.25) is 0 Å². The predicted molar refractivity (Wildman–Crippen MR) is 88.8 cm³/mol. The summed E-state index contributed by atoms with van der Waals surface area (Å²) in [6.07, 6.45) is 7.86. The van der Waals surface area contributed by atoms with Gasteiger partial charge < -0.3 is 19.9 Å². The molecule has 4 heteroatoms. The highest BCUT2D eigenvalue weighted by molar-refractivity contribution is 4.69. The van der Waals surface area contributed by atoms with E-state index in [0.29, 0.717) is 32.4 Å². The lowest BCUT2D eigenvalue weighted by atomic mass is 10.1. The highest BCUT2D eigenvalue weighted by atomic mass is 16.5. The standard InChI is InChI=1S/C17H37NO3/c1-4-7-10-16(9-6-3)18-14-17(19)15-21-13-12-20-11-8-5-2/h16-19H,4-15H2,1-3H3. The monoisotopic (exact) mass is 303 g/mol. The van der Waals surface area contributed by atoms with E-state index in [0.717, 1.165) is 19.4 Å². The maximum atomic E-state index is 9.90. The van der Waals surface area contributed by atoms with Gasteiger partial charge in [0.25, 0.3) is 0 Å². The average Bonchev–Trinajstić information content (AvgIpc) is 2.49. The van der Waals surface area contributed by atoms with E-state index in [1.54, 1.807) is 0 Å². The summed E-state index contributed by atoms with van der Waals surface area (Å²) in [5.74, 6) is 0. The number of aliphatic hydroxyl groups is 1. The molecule has 2 atom stereocenters. The molecule has 0 heterocycles. The van der Waals surface area contributed by atoms with Crippen molar-refractivity contribution in [3.8, 4) is 0 Å². The molecule has 0 aliphatic rings. The number of hydrogen-bond acceptors (Lipinski definition) is 4. The number of aliphatic hydroxyl groups excluding tert-OH is 1. The molecule has 0 aromatic rings. The minimum absolute atomic E-state index is 0.386.